The molecule has 2 aromatic rings. The molecule has 1 aromatic carbocycles. The van der Waals surface area contributed by atoms with E-state index in [-0.39, 0.29) is 6.10 Å². The maximum absolute atomic E-state index is 12.0. The third kappa shape index (κ3) is 3.85. The molecule has 6 heteroatoms. The van der Waals surface area contributed by atoms with E-state index in [4.69, 9.17) is 21.1 Å². The Bertz CT molecular complexity index is 635. The van der Waals surface area contributed by atoms with Crippen LogP contribution in [0.4, 0.5) is 0 Å². The van der Waals surface area contributed by atoms with Crippen LogP contribution in [0.2, 0.25) is 5.02 Å². The van der Waals surface area contributed by atoms with E-state index in [9.17, 15) is 4.79 Å². The van der Waals surface area contributed by atoms with E-state index in [0.717, 1.165) is 36.4 Å². The van der Waals surface area contributed by atoms with Gasteiger partial charge in [-0.05, 0) is 31.4 Å². The smallest absolute Gasteiger partial charge is 0.357 e. The van der Waals surface area contributed by atoms with Crippen LogP contribution in [0.5, 0.6) is 0 Å². The van der Waals surface area contributed by atoms with E-state index in [1.54, 1.807) is 17.5 Å². The van der Waals surface area contributed by atoms with Crippen molar-refractivity contribution >= 4 is 28.9 Å². The van der Waals surface area contributed by atoms with Gasteiger partial charge in [0.15, 0.2) is 5.69 Å². The Kier molecular flexibility index (Phi) is 5.08. The molecule has 0 amide bonds. The topological polar surface area (TPSA) is 48.4 Å². The van der Waals surface area contributed by atoms with Crippen LogP contribution in [-0.2, 0) is 9.47 Å². The number of carbonyl (C=O) groups excluding carboxylic acids is 1. The molecule has 0 spiro atoms. The summed E-state index contributed by atoms with van der Waals surface area (Å²) in [6.07, 6.45) is 3.17. The highest BCUT2D eigenvalue weighted by molar-refractivity contribution is 7.13. The lowest BCUT2D eigenvalue weighted by Crippen LogP contribution is -2.26. The number of thiazole rings is 1. The zero-order chi connectivity index (χ0) is 15.4. The molecule has 1 unspecified atom stereocenters. The van der Waals surface area contributed by atoms with Gasteiger partial charge in [-0.1, -0.05) is 23.7 Å². The molecular weight excluding hydrogens is 322 g/mol. The zero-order valence-corrected chi connectivity index (χ0v) is 13.5. The van der Waals surface area contributed by atoms with Crippen molar-refractivity contribution in [3.05, 3.63) is 40.4 Å². The van der Waals surface area contributed by atoms with E-state index in [0.29, 0.717) is 17.3 Å². The molecule has 4 nitrogen and oxygen atoms in total. The molecule has 1 fully saturated rings. The first-order valence-electron chi connectivity index (χ1n) is 7.22. The van der Waals surface area contributed by atoms with E-state index >= 15 is 0 Å². The third-order valence-corrected chi connectivity index (χ3v) is 4.62. The molecule has 0 radical (unpaired) electrons. The lowest BCUT2D eigenvalue weighted by Gasteiger charge is -2.21. The maximum atomic E-state index is 12.0. The number of hydrogen-bond donors (Lipinski definition) is 0. The SMILES string of the molecule is O=C(OCC1CCCCO1)c1csc(-c2ccc(Cl)cc2)n1. The molecule has 1 aliphatic rings. The first-order chi connectivity index (χ1) is 10.7. The summed E-state index contributed by atoms with van der Waals surface area (Å²) in [4.78, 5) is 16.4. The first kappa shape index (κ1) is 15.5. The summed E-state index contributed by atoms with van der Waals surface area (Å²) in [5.41, 5.74) is 1.27. The van der Waals surface area contributed by atoms with E-state index in [1.807, 2.05) is 12.1 Å². The minimum Gasteiger partial charge on any atom is -0.458 e. The van der Waals surface area contributed by atoms with Gasteiger partial charge in [-0.25, -0.2) is 9.78 Å². The molecular formula is C16H16ClNO3S. The Morgan fingerprint density at radius 3 is 2.91 bits per heavy atom. The Balaban J connectivity index is 1.60. The number of nitrogens with zero attached hydrogens (tertiary/aromatic N) is 1. The van der Waals surface area contributed by atoms with Crippen molar-refractivity contribution in [2.45, 2.75) is 25.4 Å². The minimum atomic E-state index is -0.398. The van der Waals surface area contributed by atoms with Crippen LogP contribution in [0, 0.1) is 0 Å². The summed E-state index contributed by atoms with van der Waals surface area (Å²) in [6, 6.07) is 7.37. The second kappa shape index (κ2) is 7.22. The fraction of sp³-hybridized carbons (Fsp3) is 0.375. The van der Waals surface area contributed by atoms with Gasteiger partial charge in [-0.15, -0.1) is 11.3 Å². The van der Waals surface area contributed by atoms with Crippen molar-refractivity contribution in [1.29, 1.82) is 0 Å². The molecule has 1 aromatic heterocycles. The molecule has 0 N–H and O–H groups in total. The number of carbonyl (C=O) groups is 1. The van der Waals surface area contributed by atoms with Crippen LogP contribution in [0.1, 0.15) is 29.8 Å². The highest BCUT2D eigenvalue weighted by atomic mass is 35.5. The van der Waals surface area contributed by atoms with Gasteiger partial charge in [0.25, 0.3) is 0 Å². The monoisotopic (exact) mass is 337 g/mol. The van der Waals surface area contributed by atoms with Gasteiger partial charge < -0.3 is 9.47 Å². The van der Waals surface area contributed by atoms with Crippen LogP contribution in [0.25, 0.3) is 10.6 Å². The Labute approximate surface area is 138 Å². The second-order valence-electron chi connectivity index (χ2n) is 5.13. The Morgan fingerprint density at radius 2 is 2.18 bits per heavy atom. The fourth-order valence-electron chi connectivity index (χ4n) is 2.27. The van der Waals surface area contributed by atoms with Gasteiger partial charge in [-0.3, -0.25) is 0 Å². The molecule has 1 aliphatic heterocycles. The minimum absolute atomic E-state index is 0.0204. The van der Waals surface area contributed by atoms with E-state index < -0.39 is 5.97 Å². The Morgan fingerprint density at radius 1 is 1.36 bits per heavy atom. The number of halogens is 1. The van der Waals surface area contributed by atoms with Crippen LogP contribution >= 0.6 is 22.9 Å². The van der Waals surface area contributed by atoms with Gasteiger partial charge in [0.05, 0.1) is 6.10 Å². The second-order valence-corrected chi connectivity index (χ2v) is 6.43. The summed E-state index contributed by atoms with van der Waals surface area (Å²) in [7, 11) is 0. The van der Waals surface area contributed by atoms with Crippen LogP contribution in [0.3, 0.4) is 0 Å². The summed E-state index contributed by atoms with van der Waals surface area (Å²) in [5.74, 6) is -0.398. The predicted octanol–water partition coefficient (Wildman–Crippen LogP) is 4.19. The lowest BCUT2D eigenvalue weighted by molar-refractivity contribution is -0.0302. The highest BCUT2D eigenvalue weighted by Crippen LogP contribution is 2.25. The standard InChI is InChI=1S/C16H16ClNO3S/c17-12-6-4-11(5-7-12)15-18-14(10-22-15)16(19)21-9-13-3-1-2-8-20-13/h4-7,10,13H,1-3,8-9H2. The molecule has 116 valence electrons. The number of rotatable bonds is 4. The van der Waals surface area contributed by atoms with Gasteiger partial charge in [0.1, 0.15) is 11.6 Å². The van der Waals surface area contributed by atoms with Gasteiger partial charge in [0, 0.05) is 22.6 Å². The number of aromatic nitrogens is 1. The fourth-order valence-corrected chi connectivity index (χ4v) is 3.20. The molecule has 0 bridgehead atoms. The molecule has 3 rings (SSSR count). The van der Waals surface area contributed by atoms with Crippen molar-refractivity contribution < 1.29 is 14.3 Å². The number of ether oxygens (including phenoxy) is 2. The molecule has 1 atom stereocenters. The summed E-state index contributed by atoms with van der Waals surface area (Å²) in [5, 5.41) is 3.17. The van der Waals surface area contributed by atoms with Crippen LogP contribution in [0.15, 0.2) is 29.6 Å². The Hall–Kier alpha value is -1.43. The zero-order valence-electron chi connectivity index (χ0n) is 12.0. The van der Waals surface area contributed by atoms with Crippen molar-refractivity contribution in [2.24, 2.45) is 0 Å². The van der Waals surface area contributed by atoms with E-state index in [1.165, 1.54) is 11.3 Å². The van der Waals surface area contributed by atoms with Gasteiger partial charge >= 0.3 is 5.97 Å². The normalized spacial score (nSPS) is 18.1. The first-order valence-corrected chi connectivity index (χ1v) is 8.48. The van der Waals surface area contributed by atoms with Crippen molar-refractivity contribution in [3.63, 3.8) is 0 Å². The number of esters is 1. The molecule has 22 heavy (non-hydrogen) atoms. The molecule has 1 saturated heterocycles. The molecule has 0 saturated carbocycles. The summed E-state index contributed by atoms with van der Waals surface area (Å²) in [6.45, 7) is 1.05. The average molecular weight is 338 g/mol. The third-order valence-electron chi connectivity index (χ3n) is 3.48. The largest absolute Gasteiger partial charge is 0.458 e. The van der Waals surface area contributed by atoms with Crippen molar-refractivity contribution in [3.8, 4) is 10.6 Å². The molecule has 2 heterocycles. The highest BCUT2D eigenvalue weighted by Gasteiger charge is 2.18. The number of benzene rings is 1. The number of hydrogen-bond acceptors (Lipinski definition) is 5. The van der Waals surface area contributed by atoms with E-state index in [2.05, 4.69) is 4.98 Å². The lowest BCUT2D eigenvalue weighted by atomic mass is 10.1. The molecule has 0 aliphatic carbocycles. The van der Waals surface area contributed by atoms with Crippen LogP contribution < -0.4 is 0 Å². The van der Waals surface area contributed by atoms with Gasteiger partial charge in [-0.2, -0.15) is 0 Å². The van der Waals surface area contributed by atoms with Crippen molar-refractivity contribution in [2.75, 3.05) is 13.2 Å². The van der Waals surface area contributed by atoms with Gasteiger partial charge in [0.2, 0.25) is 0 Å². The van der Waals surface area contributed by atoms with Crippen molar-refractivity contribution in [1.82, 2.24) is 4.98 Å². The summed E-state index contributed by atoms with van der Waals surface area (Å²) >= 11 is 7.28. The van der Waals surface area contributed by atoms with Crippen LogP contribution in [-0.4, -0.2) is 30.3 Å². The summed E-state index contributed by atoms with van der Waals surface area (Å²) < 4.78 is 10.8. The maximum Gasteiger partial charge on any atom is 0.357 e. The quantitative estimate of drug-likeness (QED) is 0.785. The predicted molar refractivity (Wildman–Crippen MR) is 86.4 cm³/mol. The average Bonchev–Trinajstić information content (AvgIpc) is 3.04.